The van der Waals surface area contributed by atoms with E-state index >= 15 is 0 Å². The third-order valence-electron chi connectivity index (χ3n) is 4.79. The van der Waals surface area contributed by atoms with Gasteiger partial charge in [-0.25, -0.2) is 10.4 Å². The molecule has 3 atom stereocenters. The van der Waals surface area contributed by atoms with E-state index in [9.17, 15) is 0 Å². The van der Waals surface area contributed by atoms with Gasteiger partial charge in [-0.3, -0.25) is 0 Å². The maximum atomic E-state index is 6.97. The summed E-state index contributed by atoms with van der Waals surface area (Å²) < 4.78 is 6.99. The molecular weight excluding hydrogens is 226 g/mol. The van der Waals surface area contributed by atoms with Crippen LogP contribution in [0.25, 0.3) is 0 Å². The highest BCUT2D eigenvalue weighted by molar-refractivity contribution is 5.36. The first-order chi connectivity index (χ1) is 8.65. The molecule has 102 valence electrons. The zero-order valence-electron chi connectivity index (χ0n) is 11.7. The average Bonchev–Trinajstić information content (AvgIpc) is 2.40. The fraction of sp³-hybridized carbons (Fsp3) is 0.929. The lowest BCUT2D eigenvalue weighted by Crippen LogP contribution is -2.62. The van der Waals surface area contributed by atoms with Crippen LogP contribution in [0.1, 0.15) is 39.0 Å². The van der Waals surface area contributed by atoms with Gasteiger partial charge >= 0.3 is 0 Å². The van der Waals surface area contributed by atoms with Crippen molar-refractivity contribution in [2.24, 2.45) is 4.99 Å². The fourth-order valence-electron chi connectivity index (χ4n) is 3.48. The van der Waals surface area contributed by atoms with Crippen LogP contribution >= 0.6 is 0 Å². The Morgan fingerprint density at radius 3 is 2.72 bits per heavy atom. The van der Waals surface area contributed by atoms with Crippen LogP contribution in [0.2, 0.25) is 0 Å². The zero-order chi connectivity index (χ0) is 13.0. The third kappa shape index (κ3) is 3.00. The smallest absolute Gasteiger partial charge is 0.129 e. The summed E-state index contributed by atoms with van der Waals surface area (Å²) in [4.78, 5) is 4.04. The number of hydrogen-bond acceptors (Lipinski definition) is 3. The van der Waals surface area contributed by atoms with E-state index < -0.39 is 0 Å². The molecule has 18 heavy (non-hydrogen) atoms. The van der Waals surface area contributed by atoms with Gasteiger partial charge < -0.3 is 9.22 Å². The van der Waals surface area contributed by atoms with E-state index in [1.807, 2.05) is 6.92 Å². The summed E-state index contributed by atoms with van der Waals surface area (Å²) in [5.74, 6) is 0. The molecule has 0 aromatic rings. The molecule has 1 saturated heterocycles. The second kappa shape index (κ2) is 5.96. The summed E-state index contributed by atoms with van der Waals surface area (Å²) in [7, 11) is 2.38. The monoisotopic (exact) mass is 252 g/mol. The maximum Gasteiger partial charge on any atom is 0.129 e. The Balaban J connectivity index is 2.01. The molecule has 1 N–H and O–H groups in total. The van der Waals surface area contributed by atoms with Crippen molar-refractivity contribution in [1.29, 1.82) is 5.41 Å². The number of rotatable bonds is 3. The Kier molecular flexibility index (Phi) is 4.55. The third-order valence-corrected chi connectivity index (χ3v) is 4.79. The van der Waals surface area contributed by atoms with Gasteiger partial charge in [0.1, 0.15) is 19.2 Å². The predicted octanol–water partition coefficient (Wildman–Crippen LogP) is 2.31. The summed E-state index contributed by atoms with van der Waals surface area (Å²) in [5.41, 5.74) is 0. The Morgan fingerprint density at radius 2 is 2.06 bits per heavy atom. The van der Waals surface area contributed by atoms with E-state index in [1.165, 1.54) is 32.1 Å². The van der Waals surface area contributed by atoms with Gasteiger partial charge in [0.2, 0.25) is 0 Å². The number of quaternary nitrogens is 1. The van der Waals surface area contributed by atoms with Crippen LogP contribution in [0.5, 0.6) is 0 Å². The molecule has 0 aromatic carbocycles. The van der Waals surface area contributed by atoms with Gasteiger partial charge in [-0.05, 0) is 32.6 Å². The summed E-state index contributed by atoms with van der Waals surface area (Å²) in [6.45, 7) is 5.03. The molecule has 1 heterocycles. The van der Waals surface area contributed by atoms with E-state index in [-0.39, 0.29) is 12.1 Å². The van der Waals surface area contributed by atoms with Crippen LogP contribution in [0, 0.1) is 5.41 Å². The molecule has 1 aliphatic carbocycles. The largest absolute Gasteiger partial charge is 0.364 e. The first-order valence-electron chi connectivity index (χ1n) is 7.23. The van der Waals surface area contributed by atoms with Gasteiger partial charge in [-0.15, -0.1) is 0 Å². The number of nitrogens with zero attached hydrogens (tertiary/aromatic N) is 2. The molecule has 1 aliphatic heterocycles. The molecule has 2 aliphatic rings. The highest BCUT2D eigenvalue weighted by atomic mass is 16.5. The summed E-state index contributed by atoms with van der Waals surface area (Å²) in [6, 6.07) is 3.03. The highest BCUT2D eigenvalue weighted by Crippen LogP contribution is 2.30. The van der Waals surface area contributed by atoms with Gasteiger partial charge in [0.05, 0.1) is 31.7 Å². The minimum absolute atomic E-state index is 0.0591. The van der Waals surface area contributed by atoms with Crippen molar-refractivity contribution < 1.29 is 9.22 Å². The van der Waals surface area contributed by atoms with Crippen molar-refractivity contribution in [2.45, 2.75) is 57.2 Å². The Bertz CT molecular complexity index is 321. The highest BCUT2D eigenvalue weighted by Gasteiger charge is 2.40. The number of aliphatic imine (C=N–C) groups is 1. The quantitative estimate of drug-likeness (QED) is 0.608. The maximum absolute atomic E-state index is 6.97. The first-order valence-corrected chi connectivity index (χ1v) is 7.23. The first kappa shape index (κ1) is 13.7. The second-order valence-electron chi connectivity index (χ2n) is 6.07. The van der Waals surface area contributed by atoms with E-state index in [2.05, 4.69) is 18.0 Å². The van der Waals surface area contributed by atoms with Crippen LogP contribution in [0.15, 0.2) is 4.99 Å². The van der Waals surface area contributed by atoms with Crippen molar-refractivity contribution in [2.75, 3.05) is 26.7 Å². The predicted molar refractivity (Wildman–Crippen MR) is 72.1 cm³/mol. The minimum atomic E-state index is 0.0591. The average molecular weight is 252 g/mol. The van der Waals surface area contributed by atoms with Crippen LogP contribution in [-0.2, 0) is 4.74 Å². The molecule has 4 nitrogen and oxygen atoms in total. The number of hydrogen-bond donors (Lipinski definition) is 1. The number of ether oxygens (including phenoxy) is 1. The topological polar surface area (TPSA) is 45.4 Å². The fourth-order valence-corrected chi connectivity index (χ4v) is 3.48. The molecule has 0 radical (unpaired) electrons. The molecule has 0 bridgehead atoms. The molecule has 0 spiro atoms. The van der Waals surface area contributed by atoms with Gasteiger partial charge in [0.15, 0.2) is 0 Å². The second-order valence-corrected chi connectivity index (χ2v) is 6.07. The lowest BCUT2D eigenvalue weighted by atomic mass is 9.91. The van der Waals surface area contributed by atoms with Gasteiger partial charge in [0.25, 0.3) is 0 Å². The lowest BCUT2D eigenvalue weighted by Gasteiger charge is -2.48. The normalized spacial score (nSPS) is 35.8. The van der Waals surface area contributed by atoms with E-state index in [0.717, 1.165) is 30.2 Å². The number of morpholine rings is 1. The number of nitrogens with one attached hydrogen (secondary N) is 1. The van der Waals surface area contributed by atoms with Gasteiger partial charge in [-0.2, -0.15) is 0 Å². The number of likely N-dealkylation sites (N-methyl/N-ethyl adjacent to an activating group) is 1. The molecular formula is C14H26N3O+. The van der Waals surface area contributed by atoms with Crippen molar-refractivity contribution in [3.05, 3.63) is 0 Å². The van der Waals surface area contributed by atoms with Crippen LogP contribution in [0.4, 0.5) is 0 Å². The van der Waals surface area contributed by atoms with E-state index in [0.29, 0.717) is 0 Å². The summed E-state index contributed by atoms with van der Waals surface area (Å²) >= 11 is 0. The van der Waals surface area contributed by atoms with Gasteiger partial charge in [-0.1, -0.05) is 6.42 Å². The Hall–Kier alpha value is -0.700. The summed E-state index contributed by atoms with van der Waals surface area (Å²) in [5, 5.41) is 6.97. The lowest BCUT2D eigenvalue weighted by molar-refractivity contribution is -0.944. The zero-order valence-corrected chi connectivity index (χ0v) is 11.7. The molecule has 2 fully saturated rings. The Morgan fingerprint density at radius 1 is 1.33 bits per heavy atom. The molecule has 3 unspecified atom stereocenters. The van der Waals surface area contributed by atoms with Crippen LogP contribution in [0.3, 0.4) is 0 Å². The SMILES string of the molecule is CC(N=C=N)C1C[N+](C)(C2CCCCC2)CCO1. The van der Waals surface area contributed by atoms with E-state index in [1.54, 1.807) is 0 Å². The molecule has 0 amide bonds. The minimum Gasteiger partial charge on any atom is -0.364 e. The van der Waals surface area contributed by atoms with Crippen molar-refractivity contribution in [1.82, 2.24) is 0 Å². The molecule has 4 heteroatoms. The summed E-state index contributed by atoms with van der Waals surface area (Å²) in [6.07, 6.45) is 7.07. The van der Waals surface area contributed by atoms with Crippen molar-refractivity contribution in [3.8, 4) is 0 Å². The van der Waals surface area contributed by atoms with E-state index in [4.69, 9.17) is 10.1 Å². The molecule has 0 aromatic heterocycles. The van der Waals surface area contributed by atoms with Crippen LogP contribution < -0.4 is 0 Å². The molecule has 1 saturated carbocycles. The van der Waals surface area contributed by atoms with Crippen molar-refractivity contribution >= 4 is 6.01 Å². The molecule has 2 rings (SSSR count). The van der Waals surface area contributed by atoms with Gasteiger partial charge in [0, 0.05) is 0 Å². The standard InChI is InChI=1S/C14H26N3O/c1-12(16-11-15)14-10-17(2,8-9-18-14)13-6-4-3-5-7-13/h12-15H,3-10H2,1-2H3/q+1. The van der Waals surface area contributed by atoms with Crippen LogP contribution in [-0.4, -0.2) is 55.4 Å². The Labute approximate surface area is 110 Å². The van der Waals surface area contributed by atoms with Crippen molar-refractivity contribution in [3.63, 3.8) is 0 Å².